The second kappa shape index (κ2) is 10.2. The maximum Gasteiger partial charge on any atom is 0.261 e. The number of carbonyl (C=O) groups is 2. The van der Waals surface area contributed by atoms with Crippen LogP contribution >= 0.6 is 11.6 Å². The van der Waals surface area contributed by atoms with Gasteiger partial charge in [-0.3, -0.25) is 19.3 Å². The number of rotatable bonds is 6. The molecule has 1 aromatic carbocycles. The Morgan fingerprint density at radius 1 is 0.971 bits per heavy atom. The Balaban J connectivity index is 1.33. The molecule has 11 heteroatoms. The van der Waals surface area contributed by atoms with E-state index in [9.17, 15) is 18.0 Å². The van der Waals surface area contributed by atoms with E-state index in [2.05, 4.69) is 20.0 Å². The zero-order chi connectivity index (χ0) is 24.1. The molecule has 1 aliphatic rings. The highest BCUT2D eigenvalue weighted by Crippen LogP contribution is 2.22. The molecule has 0 aliphatic carbocycles. The lowest BCUT2D eigenvalue weighted by Crippen LogP contribution is -2.41. The molecule has 1 saturated heterocycles. The van der Waals surface area contributed by atoms with Crippen molar-refractivity contribution in [3.05, 3.63) is 77.7 Å². The van der Waals surface area contributed by atoms with Gasteiger partial charge in [-0.15, -0.1) is 0 Å². The SMILES string of the molecule is O=C(Nc1ccc(Cl)cn1)C1CCN(C(=O)c2ccc(S(=O)(=O)Nc3ccncc3)cc2)CC1. The molecule has 0 spiro atoms. The number of likely N-dealkylation sites (tertiary alicyclic amines) is 1. The van der Waals surface area contributed by atoms with Crippen LogP contribution < -0.4 is 10.0 Å². The first-order chi connectivity index (χ1) is 16.3. The molecule has 1 aliphatic heterocycles. The first-order valence-electron chi connectivity index (χ1n) is 10.6. The summed E-state index contributed by atoms with van der Waals surface area (Å²) in [6, 6.07) is 12.2. The van der Waals surface area contributed by atoms with Crippen LogP contribution in [0, 0.1) is 5.92 Å². The quantitative estimate of drug-likeness (QED) is 0.536. The number of nitrogens with zero attached hydrogens (tertiary/aromatic N) is 3. The van der Waals surface area contributed by atoms with Crippen LogP contribution in [0.2, 0.25) is 5.02 Å². The predicted molar refractivity (Wildman–Crippen MR) is 128 cm³/mol. The van der Waals surface area contributed by atoms with Gasteiger partial charge in [0.2, 0.25) is 5.91 Å². The van der Waals surface area contributed by atoms with Gasteiger partial charge in [-0.05, 0) is 61.4 Å². The minimum atomic E-state index is -3.79. The monoisotopic (exact) mass is 499 g/mol. The van der Waals surface area contributed by atoms with Crippen LogP contribution in [-0.2, 0) is 14.8 Å². The molecular formula is C23H22ClN5O4S. The summed E-state index contributed by atoms with van der Waals surface area (Å²) in [5.41, 5.74) is 0.782. The molecule has 0 saturated carbocycles. The van der Waals surface area contributed by atoms with E-state index in [1.54, 1.807) is 29.2 Å². The fourth-order valence-electron chi connectivity index (χ4n) is 3.62. The Bertz CT molecular complexity index is 1260. The Kier molecular flexibility index (Phi) is 7.09. The van der Waals surface area contributed by atoms with Crippen LogP contribution in [0.3, 0.4) is 0 Å². The fraction of sp³-hybridized carbons (Fsp3) is 0.217. The van der Waals surface area contributed by atoms with Crippen molar-refractivity contribution in [3.63, 3.8) is 0 Å². The predicted octanol–water partition coefficient (Wildman–Crippen LogP) is 3.42. The van der Waals surface area contributed by atoms with Crippen LogP contribution in [0.4, 0.5) is 11.5 Å². The van der Waals surface area contributed by atoms with E-state index in [1.165, 1.54) is 42.9 Å². The van der Waals surface area contributed by atoms with E-state index in [0.29, 0.717) is 48.0 Å². The minimum absolute atomic E-state index is 0.0482. The summed E-state index contributed by atoms with van der Waals surface area (Å²) in [4.78, 5) is 35.0. The minimum Gasteiger partial charge on any atom is -0.339 e. The van der Waals surface area contributed by atoms with Crippen LogP contribution in [-0.4, -0.2) is 48.2 Å². The number of hydrogen-bond acceptors (Lipinski definition) is 6. The van der Waals surface area contributed by atoms with Crippen LogP contribution in [0.25, 0.3) is 0 Å². The van der Waals surface area contributed by atoms with Gasteiger partial charge in [-0.25, -0.2) is 13.4 Å². The van der Waals surface area contributed by atoms with Crippen molar-refractivity contribution < 1.29 is 18.0 Å². The van der Waals surface area contributed by atoms with Gasteiger partial charge >= 0.3 is 0 Å². The second-order valence-corrected chi connectivity index (χ2v) is 9.90. The van der Waals surface area contributed by atoms with Crippen LogP contribution in [0.1, 0.15) is 23.2 Å². The van der Waals surface area contributed by atoms with Crippen molar-refractivity contribution in [2.24, 2.45) is 5.92 Å². The number of pyridine rings is 2. The average Bonchev–Trinajstić information content (AvgIpc) is 2.85. The van der Waals surface area contributed by atoms with Gasteiger partial charge in [0.05, 0.1) is 15.6 Å². The van der Waals surface area contributed by atoms with E-state index < -0.39 is 10.0 Å². The lowest BCUT2D eigenvalue weighted by Gasteiger charge is -2.31. The molecule has 4 rings (SSSR count). The number of piperidine rings is 1. The normalized spacial score (nSPS) is 14.4. The lowest BCUT2D eigenvalue weighted by molar-refractivity contribution is -0.121. The third-order valence-corrected chi connectivity index (χ3v) is 7.10. The Morgan fingerprint density at radius 2 is 1.65 bits per heavy atom. The molecule has 9 nitrogen and oxygen atoms in total. The van der Waals surface area contributed by atoms with Gasteiger partial charge in [0.25, 0.3) is 15.9 Å². The molecule has 0 bridgehead atoms. The summed E-state index contributed by atoms with van der Waals surface area (Å²) in [6.45, 7) is 0.850. The fourth-order valence-corrected chi connectivity index (χ4v) is 4.79. The zero-order valence-electron chi connectivity index (χ0n) is 18.0. The highest BCUT2D eigenvalue weighted by atomic mass is 35.5. The molecule has 3 heterocycles. The third-order valence-electron chi connectivity index (χ3n) is 5.48. The number of carbonyl (C=O) groups excluding carboxylic acids is 2. The molecule has 0 radical (unpaired) electrons. The highest BCUT2D eigenvalue weighted by Gasteiger charge is 2.28. The number of hydrogen-bond donors (Lipinski definition) is 2. The van der Waals surface area contributed by atoms with Gasteiger partial charge in [0.15, 0.2) is 0 Å². The summed E-state index contributed by atoms with van der Waals surface area (Å²) in [7, 11) is -3.79. The molecule has 2 amide bonds. The first kappa shape index (κ1) is 23.7. The highest BCUT2D eigenvalue weighted by molar-refractivity contribution is 7.92. The first-order valence-corrected chi connectivity index (χ1v) is 12.4. The van der Waals surface area contributed by atoms with Crippen LogP contribution in [0.5, 0.6) is 0 Å². The molecular weight excluding hydrogens is 478 g/mol. The lowest BCUT2D eigenvalue weighted by atomic mass is 9.95. The van der Waals surface area contributed by atoms with Crippen LogP contribution in [0.15, 0.2) is 72.0 Å². The molecule has 2 aromatic heterocycles. The van der Waals surface area contributed by atoms with E-state index in [-0.39, 0.29) is 22.6 Å². The van der Waals surface area contributed by atoms with Gasteiger partial charge < -0.3 is 10.2 Å². The summed E-state index contributed by atoms with van der Waals surface area (Å²) in [6.07, 6.45) is 5.48. The topological polar surface area (TPSA) is 121 Å². The van der Waals surface area contributed by atoms with Crippen molar-refractivity contribution >= 4 is 44.9 Å². The molecule has 0 unspecified atom stereocenters. The number of benzene rings is 1. The van der Waals surface area contributed by atoms with Gasteiger partial charge in [0, 0.05) is 43.2 Å². The van der Waals surface area contributed by atoms with Crippen molar-refractivity contribution in [2.45, 2.75) is 17.7 Å². The summed E-state index contributed by atoms with van der Waals surface area (Å²) in [5, 5.41) is 3.26. The van der Waals surface area contributed by atoms with E-state index >= 15 is 0 Å². The Hall–Kier alpha value is -3.50. The number of sulfonamides is 1. The molecule has 34 heavy (non-hydrogen) atoms. The molecule has 1 fully saturated rings. The number of amides is 2. The summed E-state index contributed by atoms with van der Waals surface area (Å²) < 4.78 is 27.6. The number of halogens is 1. The number of anilines is 2. The van der Waals surface area contributed by atoms with E-state index in [0.717, 1.165) is 0 Å². The summed E-state index contributed by atoms with van der Waals surface area (Å²) in [5.74, 6) is -0.142. The Morgan fingerprint density at radius 3 is 2.26 bits per heavy atom. The maximum absolute atomic E-state index is 12.9. The van der Waals surface area contributed by atoms with Crippen molar-refractivity contribution in [1.82, 2.24) is 14.9 Å². The molecule has 176 valence electrons. The van der Waals surface area contributed by atoms with Crippen molar-refractivity contribution in [1.29, 1.82) is 0 Å². The molecule has 2 N–H and O–H groups in total. The zero-order valence-corrected chi connectivity index (χ0v) is 19.6. The van der Waals surface area contributed by atoms with Crippen molar-refractivity contribution in [3.8, 4) is 0 Å². The molecule has 0 atom stereocenters. The van der Waals surface area contributed by atoms with Crippen molar-refractivity contribution in [2.75, 3.05) is 23.1 Å². The smallest absolute Gasteiger partial charge is 0.261 e. The standard InChI is InChI=1S/C23H22ClN5O4S/c24-18-3-6-21(26-15-18)27-22(30)16-9-13-29(14-10-16)23(31)17-1-4-20(5-2-17)34(32,33)28-19-7-11-25-12-8-19/h1-8,11-12,15-16H,9-10,13-14H2,(H,25,28)(H,26,27,30). The van der Waals surface area contributed by atoms with Gasteiger partial charge in [0.1, 0.15) is 5.82 Å². The average molecular weight is 500 g/mol. The second-order valence-electron chi connectivity index (χ2n) is 7.78. The number of nitrogens with one attached hydrogen (secondary N) is 2. The Labute approximate surface area is 202 Å². The summed E-state index contributed by atoms with van der Waals surface area (Å²) >= 11 is 5.81. The molecule has 3 aromatic rings. The van der Waals surface area contributed by atoms with E-state index in [1.807, 2.05) is 0 Å². The van der Waals surface area contributed by atoms with Gasteiger partial charge in [-0.2, -0.15) is 0 Å². The van der Waals surface area contributed by atoms with Gasteiger partial charge in [-0.1, -0.05) is 11.6 Å². The third kappa shape index (κ3) is 5.70. The number of aromatic nitrogens is 2. The van der Waals surface area contributed by atoms with E-state index in [4.69, 9.17) is 11.6 Å². The maximum atomic E-state index is 12.9. The largest absolute Gasteiger partial charge is 0.339 e.